The van der Waals surface area contributed by atoms with E-state index in [4.69, 9.17) is 10.2 Å². The predicted molar refractivity (Wildman–Crippen MR) is 53.7 cm³/mol. The van der Waals surface area contributed by atoms with E-state index in [0.29, 0.717) is 17.0 Å². The van der Waals surface area contributed by atoms with Gasteiger partial charge in [0.05, 0.1) is 5.54 Å². The standard InChI is InChI=1S/C11H11FN2O/c12-7-2-3-8-9(6-7)15-10(14-8)11(13)4-1-5-11/h2-3,6H,1,4-5,13H2. The molecule has 1 aromatic carbocycles. The van der Waals surface area contributed by atoms with E-state index in [1.165, 1.54) is 12.1 Å². The van der Waals surface area contributed by atoms with E-state index >= 15 is 0 Å². The Hall–Kier alpha value is -1.42. The van der Waals surface area contributed by atoms with E-state index in [9.17, 15) is 4.39 Å². The molecule has 1 aromatic heterocycles. The summed E-state index contributed by atoms with van der Waals surface area (Å²) in [4.78, 5) is 4.29. The fourth-order valence-electron chi connectivity index (χ4n) is 1.88. The first kappa shape index (κ1) is 8.85. The molecule has 1 heterocycles. The van der Waals surface area contributed by atoms with Crippen LogP contribution in [0.4, 0.5) is 4.39 Å². The number of nitrogens with two attached hydrogens (primary N) is 1. The van der Waals surface area contributed by atoms with Crippen molar-refractivity contribution in [2.75, 3.05) is 0 Å². The Labute approximate surface area is 86.1 Å². The fraction of sp³-hybridized carbons (Fsp3) is 0.364. The summed E-state index contributed by atoms with van der Waals surface area (Å²) in [5, 5.41) is 0. The lowest BCUT2D eigenvalue weighted by molar-refractivity contribution is 0.203. The molecule has 0 unspecified atom stereocenters. The third kappa shape index (κ3) is 1.25. The molecule has 0 aliphatic heterocycles. The molecule has 1 saturated carbocycles. The van der Waals surface area contributed by atoms with Gasteiger partial charge in [0.1, 0.15) is 11.3 Å². The van der Waals surface area contributed by atoms with Gasteiger partial charge in [-0.05, 0) is 31.4 Å². The lowest BCUT2D eigenvalue weighted by atomic mass is 9.78. The smallest absolute Gasteiger partial charge is 0.215 e. The number of halogens is 1. The fourth-order valence-corrected chi connectivity index (χ4v) is 1.88. The van der Waals surface area contributed by atoms with Gasteiger partial charge < -0.3 is 10.2 Å². The van der Waals surface area contributed by atoms with Crippen LogP contribution in [0, 0.1) is 5.82 Å². The van der Waals surface area contributed by atoms with Crippen LogP contribution in [-0.4, -0.2) is 4.98 Å². The van der Waals surface area contributed by atoms with Crippen LogP contribution in [0.1, 0.15) is 25.2 Å². The normalized spacial score (nSPS) is 19.1. The number of benzene rings is 1. The molecule has 2 aromatic rings. The quantitative estimate of drug-likeness (QED) is 0.778. The second-order valence-electron chi connectivity index (χ2n) is 4.14. The minimum atomic E-state index is -0.421. The SMILES string of the molecule is NC1(c2nc3ccc(F)cc3o2)CCC1. The molecule has 0 atom stereocenters. The third-order valence-corrected chi connectivity index (χ3v) is 3.02. The van der Waals surface area contributed by atoms with E-state index in [1.54, 1.807) is 6.07 Å². The minimum absolute atomic E-state index is 0.315. The van der Waals surface area contributed by atoms with Crippen molar-refractivity contribution < 1.29 is 8.81 Å². The van der Waals surface area contributed by atoms with Crippen molar-refractivity contribution in [2.24, 2.45) is 5.73 Å². The molecule has 1 aliphatic rings. The first-order chi connectivity index (χ1) is 7.17. The number of oxazole rings is 1. The lowest BCUT2D eigenvalue weighted by Crippen LogP contribution is -2.43. The van der Waals surface area contributed by atoms with Crippen molar-refractivity contribution in [2.45, 2.75) is 24.8 Å². The number of fused-ring (bicyclic) bond motifs is 1. The largest absolute Gasteiger partial charge is 0.439 e. The second-order valence-corrected chi connectivity index (χ2v) is 4.14. The molecule has 3 rings (SSSR count). The molecule has 0 saturated heterocycles. The highest BCUT2D eigenvalue weighted by Gasteiger charge is 2.39. The molecule has 0 amide bonds. The van der Waals surface area contributed by atoms with Crippen LogP contribution >= 0.6 is 0 Å². The van der Waals surface area contributed by atoms with Gasteiger partial charge in [0.2, 0.25) is 5.89 Å². The van der Waals surface area contributed by atoms with Crippen molar-refractivity contribution in [3.63, 3.8) is 0 Å². The van der Waals surface area contributed by atoms with Gasteiger partial charge in [-0.3, -0.25) is 0 Å². The minimum Gasteiger partial charge on any atom is -0.439 e. The molecule has 2 N–H and O–H groups in total. The highest BCUT2D eigenvalue weighted by Crippen LogP contribution is 2.39. The van der Waals surface area contributed by atoms with Gasteiger partial charge in [-0.25, -0.2) is 9.37 Å². The Bertz CT molecular complexity index is 516. The summed E-state index contributed by atoms with van der Waals surface area (Å²) in [6.45, 7) is 0. The molecule has 4 heteroatoms. The van der Waals surface area contributed by atoms with Crippen molar-refractivity contribution in [1.82, 2.24) is 4.98 Å². The summed E-state index contributed by atoms with van der Waals surface area (Å²) in [5.41, 5.74) is 6.80. The summed E-state index contributed by atoms with van der Waals surface area (Å²) in [6, 6.07) is 4.33. The molecule has 15 heavy (non-hydrogen) atoms. The number of nitrogens with zero attached hydrogens (tertiary/aromatic N) is 1. The van der Waals surface area contributed by atoms with Crippen LogP contribution in [0.2, 0.25) is 0 Å². The Balaban J connectivity index is 2.14. The van der Waals surface area contributed by atoms with Crippen LogP contribution in [0.5, 0.6) is 0 Å². The first-order valence-electron chi connectivity index (χ1n) is 5.03. The van der Waals surface area contributed by atoms with Gasteiger partial charge in [0.25, 0.3) is 0 Å². The number of hydrogen-bond acceptors (Lipinski definition) is 3. The number of aromatic nitrogens is 1. The highest BCUT2D eigenvalue weighted by molar-refractivity contribution is 5.72. The summed E-state index contributed by atoms with van der Waals surface area (Å²) in [7, 11) is 0. The van der Waals surface area contributed by atoms with Crippen LogP contribution in [0.25, 0.3) is 11.1 Å². The molecule has 0 bridgehead atoms. The molecular weight excluding hydrogens is 195 g/mol. The van der Waals surface area contributed by atoms with Crippen molar-refractivity contribution in [3.05, 3.63) is 29.9 Å². The zero-order valence-corrected chi connectivity index (χ0v) is 8.16. The summed E-state index contributed by atoms with van der Waals surface area (Å²) < 4.78 is 18.4. The predicted octanol–water partition coefficient (Wildman–Crippen LogP) is 2.30. The van der Waals surface area contributed by atoms with Crippen molar-refractivity contribution in [3.8, 4) is 0 Å². The maximum absolute atomic E-state index is 12.9. The van der Waals surface area contributed by atoms with Crippen LogP contribution in [0.3, 0.4) is 0 Å². The Morgan fingerprint density at radius 3 is 2.87 bits per heavy atom. The summed E-state index contributed by atoms with van der Waals surface area (Å²) >= 11 is 0. The van der Waals surface area contributed by atoms with Gasteiger partial charge >= 0.3 is 0 Å². The molecule has 1 aliphatic carbocycles. The van der Waals surface area contributed by atoms with E-state index in [-0.39, 0.29) is 5.82 Å². The molecule has 78 valence electrons. The molecular formula is C11H11FN2O. The average molecular weight is 206 g/mol. The highest BCUT2D eigenvalue weighted by atomic mass is 19.1. The van der Waals surface area contributed by atoms with Gasteiger partial charge in [-0.1, -0.05) is 0 Å². The first-order valence-corrected chi connectivity index (χ1v) is 5.03. The summed E-state index contributed by atoms with van der Waals surface area (Å²) in [5.74, 6) is 0.222. The summed E-state index contributed by atoms with van der Waals surface area (Å²) in [6.07, 6.45) is 2.88. The molecule has 0 radical (unpaired) electrons. The van der Waals surface area contributed by atoms with Gasteiger partial charge in [-0.2, -0.15) is 0 Å². The molecule has 3 nitrogen and oxygen atoms in total. The van der Waals surface area contributed by atoms with Crippen LogP contribution < -0.4 is 5.73 Å². The van der Waals surface area contributed by atoms with E-state index in [2.05, 4.69) is 4.98 Å². The monoisotopic (exact) mass is 206 g/mol. The van der Waals surface area contributed by atoms with E-state index < -0.39 is 5.54 Å². The average Bonchev–Trinajstić information content (AvgIpc) is 2.57. The maximum Gasteiger partial charge on any atom is 0.215 e. The Kier molecular flexibility index (Phi) is 1.65. The van der Waals surface area contributed by atoms with Gasteiger partial charge in [-0.15, -0.1) is 0 Å². The number of rotatable bonds is 1. The molecule has 0 spiro atoms. The van der Waals surface area contributed by atoms with Crippen LogP contribution in [0.15, 0.2) is 22.6 Å². The molecule has 1 fully saturated rings. The second kappa shape index (κ2) is 2.79. The Morgan fingerprint density at radius 2 is 2.20 bits per heavy atom. The third-order valence-electron chi connectivity index (χ3n) is 3.02. The van der Waals surface area contributed by atoms with Crippen LogP contribution in [-0.2, 0) is 5.54 Å². The van der Waals surface area contributed by atoms with Gasteiger partial charge in [0.15, 0.2) is 5.58 Å². The van der Waals surface area contributed by atoms with Crippen molar-refractivity contribution in [1.29, 1.82) is 0 Å². The number of hydrogen-bond donors (Lipinski definition) is 1. The zero-order valence-electron chi connectivity index (χ0n) is 8.16. The lowest BCUT2D eigenvalue weighted by Gasteiger charge is -2.34. The van der Waals surface area contributed by atoms with E-state index in [0.717, 1.165) is 19.3 Å². The maximum atomic E-state index is 12.9. The van der Waals surface area contributed by atoms with Gasteiger partial charge in [0, 0.05) is 6.07 Å². The Morgan fingerprint density at radius 1 is 1.40 bits per heavy atom. The van der Waals surface area contributed by atoms with E-state index in [1.807, 2.05) is 0 Å². The van der Waals surface area contributed by atoms with Crippen molar-refractivity contribution >= 4 is 11.1 Å². The zero-order chi connectivity index (χ0) is 10.5. The topological polar surface area (TPSA) is 52.0 Å².